The molecule has 0 atom stereocenters. The van der Waals surface area contributed by atoms with Crippen LogP contribution in [0, 0.1) is 19.3 Å². The van der Waals surface area contributed by atoms with Crippen LogP contribution >= 0.6 is 0 Å². The molecule has 0 aromatic heterocycles. The molecule has 0 radical (unpaired) electrons. The summed E-state index contributed by atoms with van der Waals surface area (Å²) in [5.41, 5.74) is 9.54. The maximum absolute atomic E-state index is 12.4. The summed E-state index contributed by atoms with van der Waals surface area (Å²) < 4.78 is 21.5. The van der Waals surface area contributed by atoms with Crippen molar-refractivity contribution in [3.05, 3.63) is 99.2 Å². The Morgan fingerprint density at radius 3 is 1.62 bits per heavy atom. The summed E-state index contributed by atoms with van der Waals surface area (Å²) in [6.45, 7) is 33.0. The van der Waals surface area contributed by atoms with E-state index in [1.807, 2.05) is 32.9 Å². The summed E-state index contributed by atoms with van der Waals surface area (Å²) in [4.78, 5) is 34.8. The lowest BCUT2D eigenvalue weighted by Crippen LogP contribution is -2.21. The quantitative estimate of drug-likeness (QED) is 0.170. The summed E-state index contributed by atoms with van der Waals surface area (Å²) in [5, 5.41) is 19.1. The second kappa shape index (κ2) is 21.3. The molecular formula is C46H66O9. The summed E-state index contributed by atoms with van der Waals surface area (Å²) in [6.07, 6.45) is 9.90. The van der Waals surface area contributed by atoms with Gasteiger partial charge in [0.1, 0.15) is 36.0 Å². The third-order valence-corrected chi connectivity index (χ3v) is 9.37. The number of ether oxygens (including phenoxy) is 4. The molecule has 0 bridgehead atoms. The first-order valence-corrected chi connectivity index (χ1v) is 18.8. The third-order valence-electron chi connectivity index (χ3n) is 9.37. The van der Waals surface area contributed by atoms with Crippen molar-refractivity contribution in [2.75, 3.05) is 14.2 Å². The van der Waals surface area contributed by atoms with E-state index in [2.05, 4.69) is 81.2 Å². The zero-order valence-electron chi connectivity index (χ0n) is 35.8. The molecule has 4 rings (SSSR count). The Balaban J connectivity index is 0.000000461. The van der Waals surface area contributed by atoms with E-state index in [0.29, 0.717) is 41.7 Å². The first kappa shape index (κ1) is 48.2. The van der Waals surface area contributed by atoms with Gasteiger partial charge in [0.25, 0.3) is 0 Å². The molecule has 55 heavy (non-hydrogen) atoms. The fourth-order valence-electron chi connectivity index (χ4n) is 6.36. The van der Waals surface area contributed by atoms with Crippen LogP contribution in [-0.4, -0.2) is 42.3 Å². The Labute approximate surface area is 330 Å². The van der Waals surface area contributed by atoms with Gasteiger partial charge in [0.05, 0.1) is 19.8 Å². The fourth-order valence-corrected chi connectivity index (χ4v) is 6.36. The predicted octanol–water partition coefficient (Wildman–Crippen LogP) is 11.0. The number of phenols is 1. The Hall–Kier alpha value is -4.79. The number of carboxylic acids is 1. The molecule has 0 saturated carbocycles. The van der Waals surface area contributed by atoms with Gasteiger partial charge in [0, 0.05) is 28.7 Å². The van der Waals surface area contributed by atoms with Gasteiger partial charge in [-0.2, -0.15) is 0 Å². The topological polar surface area (TPSA) is 129 Å². The van der Waals surface area contributed by atoms with Crippen LogP contribution in [0.3, 0.4) is 0 Å². The van der Waals surface area contributed by atoms with Crippen molar-refractivity contribution < 1.29 is 43.5 Å². The maximum atomic E-state index is 12.4. The number of carbonyl (C=O) groups excluding carboxylic acids is 2. The summed E-state index contributed by atoms with van der Waals surface area (Å²) in [7, 11) is 3.22. The van der Waals surface area contributed by atoms with Gasteiger partial charge < -0.3 is 29.2 Å². The van der Waals surface area contributed by atoms with Crippen LogP contribution in [0.2, 0.25) is 0 Å². The number of allylic oxidation sites excluding steroid dienone is 5. The van der Waals surface area contributed by atoms with Crippen molar-refractivity contribution in [3.8, 4) is 17.2 Å². The number of fused-ring (bicyclic) bond motifs is 2. The van der Waals surface area contributed by atoms with Gasteiger partial charge in [-0.25, -0.2) is 9.59 Å². The molecule has 9 heteroatoms. The Kier molecular flexibility index (Phi) is 18.7. The number of esters is 2. The Morgan fingerprint density at radius 2 is 1.20 bits per heavy atom. The van der Waals surface area contributed by atoms with Gasteiger partial charge in [-0.05, 0) is 80.9 Å². The Bertz CT molecular complexity index is 1760. The first-order valence-electron chi connectivity index (χ1n) is 18.8. The van der Waals surface area contributed by atoms with Crippen molar-refractivity contribution >= 4 is 17.9 Å². The van der Waals surface area contributed by atoms with Crippen molar-refractivity contribution in [1.29, 1.82) is 0 Å². The van der Waals surface area contributed by atoms with E-state index in [9.17, 15) is 19.5 Å². The lowest BCUT2D eigenvalue weighted by atomic mass is 9.77. The number of hydrogen-bond acceptors (Lipinski definition) is 8. The maximum Gasteiger partial charge on any atom is 0.342 e. The highest BCUT2D eigenvalue weighted by Gasteiger charge is 2.36. The molecule has 2 aliphatic rings. The molecule has 0 spiro atoms. The second-order valence-corrected chi connectivity index (χ2v) is 15.8. The summed E-state index contributed by atoms with van der Waals surface area (Å²) in [6, 6.07) is 0. The van der Waals surface area contributed by atoms with Crippen molar-refractivity contribution in [2.24, 2.45) is 5.41 Å². The number of phenolic OH excluding ortho intramolecular Hbond substituents is 1. The monoisotopic (exact) mass is 762 g/mol. The average molecular weight is 763 g/mol. The SMILES string of the molecule is C=C.C=CC(C)(C)C.CCC/C(C)=C/Cc1c(OC)c(C)c2c(c1C(C)(C)C)C(=O)OC2.COc1c(C)c2c(c(O)c1C/C=C(\C)CCC(=O)O)C(=O)OC2. The van der Waals surface area contributed by atoms with Gasteiger partial charge in [-0.1, -0.05) is 84.3 Å². The zero-order valence-corrected chi connectivity index (χ0v) is 35.8. The van der Waals surface area contributed by atoms with Crippen LogP contribution in [0.15, 0.2) is 49.1 Å². The van der Waals surface area contributed by atoms with Gasteiger partial charge in [0.15, 0.2) is 0 Å². The van der Waals surface area contributed by atoms with E-state index in [1.54, 1.807) is 7.11 Å². The zero-order chi connectivity index (χ0) is 42.4. The largest absolute Gasteiger partial charge is 0.507 e. The van der Waals surface area contributed by atoms with E-state index in [0.717, 1.165) is 64.0 Å². The molecule has 2 N–H and O–H groups in total. The predicted molar refractivity (Wildman–Crippen MR) is 222 cm³/mol. The van der Waals surface area contributed by atoms with Crippen LogP contribution in [0.1, 0.15) is 148 Å². The molecule has 2 aliphatic heterocycles. The number of rotatable bonds is 11. The van der Waals surface area contributed by atoms with E-state index >= 15 is 0 Å². The van der Waals surface area contributed by atoms with E-state index in [4.69, 9.17) is 24.1 Å². The summed E-state index contributed by atoms with van der Waals surface area (Å²) in [5.74, 6) is -0.270. The third kappa shape index (κ3) is 12.9. The Morgan fingerprint density at radius 1 is 0.782 bits per heavy atom. The van der Waals surface area contributed by atoms with E-state index in [1.165, 1.54) is 12.7 Å². The van der Waals surface area contributed by atoms with Crippen molar-refractivity contribution in [3.63, 3.8) is 0 Å². The smallest absolute Gasteiger partial charge is 0.342 e. The lowest BCUT2D eigenvalue weighted by molar-refractivity contribution is -0.136. The molecule has 0 saturated heterocycles. The standard InChI is InChI=1S/C21H30O3.C17H20O6.C6H12.C2H4/c1-8-9-13(2)10-11-15-18(21(4,5)6)17-16(12-24-20(17)22)14(3)19(15)23-7;1-9(5-7-13(18)19)4-6-11-15(20)14-12(8-23-17(14)21)10(2)16(11)22-3;1-5-6(2,3)4;1-2/h10H,8-9,11-12H2,1-7H3;4,20H,5-8H2,1-3H3,(H,18,19);5H,1H2,2-4H3;1-2H2/b13-10+;9-4+;;. The molecule has 304 valence electrons. The number of cyclic esters (lactones) is 2. The number of aliphatic carboxylic acids is 1. The van der Waals surface area contributed by atoms with Crippen LogP contribution in [0.4, 0.5) is 0 Å². The van der Waals surface area contributed by atoms with Gasteiger partial charge in [-0.15, -0.1) is 19.7 Å². The van der Waals surface area contributed by atoms with Crippen LogP contribution in [-0.2, 0) is 45.7 Å². The number of aromatic hydroxyl groups is 1. The summed E-state index contributed by atoms with van der Waals surface area (Å²) >= 11 is 0. The van der Waals surface area contributed by atoms with Crippen LogP contribution < -0.4 is 9.47 Å². The first-order chi connectivity index (χ1) is 25.6. The van der Waals surface area contributed by atoms with E-state index in [-0.39, 0.29) is 35.7 Å². The number of benzene rings is 2. The molecule has 2 aromatic rings. The lowest BCUT2D eigenvalue weighted by Gasteiger charge is -2.28. The minimum atomic E-state index is -0.853. The van der Waals surface area contributed by atoms with E-state index < -0.39 is 11.9 Å². The van der Waals surface area contributed by atoms with Crippen LogP contribution in [0.5, 0.6) is 17.2 Å². The van der Waals surface area contributed by atoms with Gasteiger partial charge in [-0.3, -0.25) is 4.79 Å². The second-order valence-electron chi connectivity index (χ2n) is 15.8. The number of methoxy groups -OCH3 is 2. The van der Waals surface area contributed by atoms with Gasteiger partial charge >= 0.3 is 17.9 Å². The molecule has 0 amide bonds. The molecule has 9 nitrogen and oxygen atoms in total. The number of carbonyl (C=O) groups is 3. The normalized spacial score (nSPS) is 13.4. The molecule has 0 unspecified atom stereocenters. The molecular weight excluding hydrogens is 696 g/mol. The van der Waals surface area contributed by atoms with Gasteiger partial charge in [0.2, 0.25) is 0 Å². The molecule has 0 aliphatic carbocycles. The van der Waals surface area contributed by atoms with Crippen molar-refractivity contribution in [2.45, 2.75) is 133 Å². The number of hydrogen-bond donors (Lipinski definition) is 2. The molecule has 2 heterocycles. The van der Waals surface area contributed by atoms with Crippen molar-refractivity contribution in [1.82, 2.24) is 0 Å². The highest BCUT2D eigenvalue weighted by atomic mass is 16.5. The highest BCUT2D eigenvalue weighted by Crippen LogP contribution is 2.44. The highest BCUT2D eigenvalue weighted by molar-refractivity contribution is 5.98. The molecule has 0 fully saturated rings. The minimum Gasteiger partial charge on any atom is -0.507 e. The molecule has 2 aromatic carbocycles. The van der Waals surface area contributed by atoms with Crippen LogP contribution in [0.25, 0.3) is 0 Å². The fraction of sp³-hybridized carbons (Fsp3) is 0.500. The minimum absolute atomic E-state index is 0.0565. The average Bonchev–Trinajstić information content (AvgIpc) is 3.70. The number of carboxylic acid groups (broad SMARTS) is 1.